The highest BCUT2D eigenvalue weighted by molar-refractivity contribution is 5.36. The minimum Gasteiger partial charge on any atom is -0.490 e. The van der Waals surface area contributed by atoms with Crippen LogP contribution in [0.2, 0.25) is 0 Å². The average molecular weight is 247 g/mol. The van der Waals surface area contributed by atoms with Gasteiger partial charge in [-0.1, -0.05) is 18.2 Å². The largest absolute Gasteiger partial charge is 0.490 e. The SMILES string of the molecule is c1ccc(C2CCCN2)c(OC2CCOCC2)c1. The fourth-order valence-corrected chi connectivity index (χ4v) is 2.80. The molecule has 3 heteroatoms. The first-order chi connectivity index (χ1) is 8.93. The predicted octanol–water partition coefficient (Wildman–Crippen LogP) is 2.67. The standard InChI is InChI=1S/C15H21NO2/c1-2-6-15(18-12-7-10-17-11-8-12)13(4-1)14-5-3-9-16-14/h1-2,4,6,12,14,16H,3,5,7-11H2. The van der Waals surface area contributed by atoms with E-state index in [2.05, 4.69) is 29.6 Å². The Morgan fingerprint density at radius 3 is 2.72 bits per heavy atom. The molecule has 2 heterocycles. The molecule has 0 aromatic heterocycles. The molecule has 1 unspecified atom stereocenters. The maximum absolute atomic E-state index is 6.18. The zero-order valence-corrected chi connectivity index (χ0v) is 10.7. The lowest BCUT2D eigenvalue weighted by Crippen LogP contribution is -2.26. The first-order valence-electron chi connectivity index (χ1n) is 7.00. The maximum atomic E-state index is 6.18. The minimum atomic E-state index is 0.321. The normalized spacial score (nSPS) is 25.2. The van der Waals surface area contributed by atoms with E-state index < -0.39 is 0 Å². The van der Waals surface area contributed by atoms with Crippen LogP contribution >= 0.6 is 0 Å². The van der Waals surface area contributed by atoms with Crippen molar-refractivity contribution in [1.82, 2.24) is 5.32 Å². The first kappa shape index (κ1) is 12.0. The Bertz CT molecular complexity index is 382. The molecular formula is C15H21NO2. The van der Waals surface area contributed by atoms with Crippen LogP contribution in [-0.4, -0.2) is 25.9 Å². The summed E-state index contributed by atoms with van der Waals surface area (Å²) in [5.74, 6) is 1.06. The fourth-order valence-electron chi connectivity index (χ4n) is 2.80. The summed E-state index contributed by atoms with van der Waals surface area (Å²) in [5, 5.41) is 3.55. The number of ether oxygens (including phenoxy) is 2. The van der Waals surface area contributed by atoms with Gasteiger partial charge in [-0.2, -0.15) is 0 Å². The summed E-state index contributed by atoms with van der Waals surface area (Å²) in [6.45, 7) is 2.78. The molecular weight excluding hydrogens is 226 g/mol. The van der Waals surface area contributed by atoms with Crippen molar-refractivity contribution in [2.75, 3.05) is 19.8 Å². The molecule has 3 rings (SSSR count). The Labute approximate surface area is 108 Å². The second-order valence-electron chi connectivity index (χ2n) is 5.12. The molecule has 98 valence electrons. The molecule has 2 fully saturated rings. The molecule has 2 aliphatic rings. The van der Waals surface area contributed by atoms with Crippen molar-refractivity contribution >= 4 is 0 Å². The number of hydrogen-bond donors (Lipinski definition) is 1. The topological polar surface area (TPSA) is 30.5 Å². The summed E-state index contributed by atoms with van der Waals surface area (Å²) in [6, 6.07) is 8.93. The maximum Gasteiger partial charge on any atom is 0.124 e. The Morgan fingerprint density at radius 1 is 1.11 bits per heavy atom. The van der Waals surface area contributed by atoms with Crippen LogP contribution < -0.4 is 10.1 Å². The first-order valence-corrected chi connectivity index (χ1v) is 7.00. The third-order valence-corrected chi connectivity index (χ3v) is 3.82. The molecule has 0 saturated carbocycles. The molecule has 18 heavy (non-hydrogen) atoms. The van der Waals surface area contributed by atoms with Crippen LogP contribution in [0.3, 0.4) is 0 Å². The molecule has 0 bridgehead atoms. The van der Waals surface area contributed by atoms with Gasteiger partial charge in [0.15, 0.2) is 0 Å². The van der Waals surface area contributed by atoms with E-state index in [-0.39, 0.29) is 0 Å². The molecule has 0 radical (unpaired) electrons. The second-order valence-corrected chi connectivity index (χ2v) is 5.12. The van der Waals surface area contributed by atoms with Gasteiger partial charge < -0.3 is 14.8 Å². The smallest absolute Gasteiger partial charge is 0.124 e. The van der Waals surface area contributed by atoms with Crippen LogP contribution in [0.5, 0.6) is 5.75 Å². The average Bonchev–Trinajstić information content (AvgIpc) is 2.94. The number of rotatable bonds is 3. The number of para-hydroxylation sites is 1. The van der Waals surface area contributed by atoms with E-state index in [1.54, 1.807) is 0 Å². The summed E-state index contributed by atoms with van der Waals surface area (Å²) < 4.78 is 11.6. The van der Waals surface area contributed by atoms with E-state index in [0.29, 0.717) is 12.1 Å². The zero-order chi connectivity index (χ0) is 12.2. The molecule has 1 aromatic rings. The van der Waals surface area contributed by atoms with Gasteiger partial charge in [-0.25, -0.2) is 0 Å². The molecule has 0 aliphatic carbocycles. The number of hydrogen-bond acceptors (Lipinski definition) is 3. The quantitative estimate of drug-likeness (QED) is 0.890. The van der Waals surface area contributed by atoms with Gasteiger partial charge in [0.1, 0.15) is 11.9 Å². The summed E-state index contributed by atoms with van der Waals surface area (Å²) in [5.41, 5.74) is 1.32. The van der Waals surface area contributed by atoms with Crippen LogP contribution in [0, 0.1) is 0 Å². The molecule has 1 aromatic carbocycles. The van der Waals surface area contributed by atoms with E-state index >= 15 is 0 Å². The summed E-state index contributed by atoms with van der Waals surface area (Å²) >= 11 is 0. The minimum absolute atomic E-state index is 0.321. The van der Waals surface area contributed by atoms with Gasteiger partial charge in [0, 0.05) is 24.4 Å². The van der Waals surface area contributed by atoms with E-state index in [1.165, 1.54) is 18.4 Å². The van der Waals surface area contributed by atoms with Crippen molar-refractivity contribution in [3.63, 3.8) is 0 Å². The lowest BCUT2D eigenvalue weighted by atomic mass is 10.0. The van der Waals surface area contributed by atoms with Crippen molar-refractivity contribution in [3.05, 3.63) is 29.8 Å². The van der Waals surface area contributed by atoms with Gasteiger partial charge in [0.25, 0.3) is 0 Å². The van der Waals surface area contributed by atoms with E-state index in [0.717, 1.165) is 38.3 Å². The lowest BCUT2D eigenvalue weighted by Gasteiger charge is -2.25. The second kappa shape index (κ2) is 5.72. The molecule has 0 amide bonds. The third kappa shape index (κ3) is 2.68. The van der Waals surface area contributed by atoms with E-state index in [4.69, 9.17) is 9.47 Å². The lowest BCUT2D eigenvalue weighted by molar-refractivity contribution is 0.0250. The van der Waals surface area contributed by atoms with Gasteiger partial charge in [-0.15, -0.1) is 0 Å². The van der Waals surface area contributed by atoms with E-state index in [9.17, 15) is 0 Å². The fraction of sp³-hybridized carbons (Fsp3) is 0.600. The van der Waals surface area contributed by atoms with Gasteiger partial charge in [0.05, 0.1) is 13.2 Å². The predicted molar refractivity (Wildman–Crippen MR) is 70.9 cm³/mol. The van der Waals surface area contributed by atoms with Crippen LogP contribution in [0.4, 0.5) is 0 Å². The highest BCUT2D eigenvalue weighted by Gasteiger charge is 2.22. The van der Waals surface area contributed by atoms with Crippen molar-refractivity contribution in [1.29, 1.82) is 0 Å². The van der Waals surface area contributed by atoms with Crippen LogP contribution in [0.1, 0.15) is 37.3 Å². The zero-order valence-electron chi connectivity index (χ0n) is 10.7. The van der Waals surface area contributed by atoms with Crippen LogP contribution in [-0.2, 0) is 4.74 Å². The van der Waals surface area contributed by atoms with Gasteiger partial charge in [-0.3, -0.25) is 0 Å². The summed E-state index contributed by atoms with van der Waals surface area (Å²) in [7, 11) is 0. The number of nitrogens with one attached hydrogen (secondary N) is 1. The molecule has 3 nitrogen and oxygen atoms in total. The Morgan fingerprint density at radius 2 is 1.94 bits per heavy atom. The number of benzene rings is 1. The Kier molecular flexibility index (Phi) is 3.81. The summed E-state index contributed by atoms with van der Waals surface area (Å²) in [6.07, 6.45) is 4.81. The molecule has 2 saturated heterocycles. The van der Waals surface area contributed by atoms with Crippen LogP contribution in [0.25, 0.3) is 0 Å². The Hall–Kier alpha value is -1.06. The molecule has 1 atom stereocenters. The molecule has 2 aliphatic heterocycles. The van der Waals surface area contributed by atoms with Crippen LogP contribution in [0.15, 0.2) is 24.3 Å². The van der Waals surface area contributed by atoms with Gasteiger partial charge in [0.2, 0.25) is 0 Å². The highest BCUT2D eigenvalue weighted by Crippen LogP contribution is 2.32. The Balaban J connectivity index is 1.73. The van der Waals surface area contributed by atoms with Crippen molar-refractivity contribution in [2.24, 2.45) is 0 Å². The molecule has 1 N–H and O–H groups in total. The van der Waals surface area contributed by atoms with Crippen molar-refractivity contribution in [3.8, 4) is 5.75 Å². The monoisotopic (exact) mass is 247 g/mol. The van der Waals surface area contributed by atoms with E-state index in [1.807, 2.05) is 0 Å². The van der Waals surface area contributed by atoms with Gasteiger partial charge >= 0.3 is 0 Å². The third-order valence-electron chi connectivity index (χ3n) is 3.82. The summed E-state index contributed by atoms with van der Waals surface area (Å²) in [4.78, 5) is 0. The van der Waals surface area contributed by atoms with Crippen molar-refractivity contribution < 1.29 is 9.47 Å². The van der Waals surface area contributed by atoms with Gasteiger partial charge in [-0.05, 0) is 25.5 Å². The molecule has 0 spiro atoms. The highest BCUT2D eigenvalue weighted by atomic mass is 16.5. The van der Waals surface area contributed by atoms with Crippen molar-refractivity contribution in [2.45, 2.75) is 37.8 Å².